The van der Waals surface area contributed by atoms with Crippen molar-refractivity contribution in [2.24, 2.45) is 0 Å². The number of amides is 1. The van der Waals surface area contributed by atoms with E-state index < -0.39 is 0 Å². The van der Waals surface area contributed by atoms with E-state index in [0.717, 1.165) is 13.0 Å². The third kappa shape index (κ3) is 2.47. The molecule has 102 valence electrons. The van der Waals surface area contributed by atoms with Crippen molar-refractivity contribution in [2.45, 2.75) is 6.42 Å². The molecule has 0 saturated heterocycles. The quantitative estimate of drug-likeness (QED) is 0.920. The fourth-order valence-electron chi connectivity index (χ4n) is 2.40. The molecule has 0 radical (unpaired) electrons. The first kappa shape index (κ1) is 12.9. The number of carbonyl (C=O) groups is 1. The maximum Gasteiger partial charge on any atom is 0.266 e. The Labute approximate surface area is 122 Å². The van der Waals surface area contributed by atoms with E-state index in [9.17, 15) is 4.79 Å². The Morgan fingerprint density at radius 2 is 2.00 bits per heavy atom. The van der Waals surface area contributed by atoms with Crippen molar-refractivity contribution in [2.75, 3.05) is 18.8 Å². The summed E-state index contributed by atoms with van der Waals surface area (Å²) < 4.78 is 0. The second-order valence-electron chi connectivity index (χ2n) is 4.80. The van der Waals surface area contributed by atoms with Crippen LogP contribution in [-0.2, 0) is 0 Å². The highest BCUT2D eigenvalue weighted by atomic mass is 32.1. The molecule has 1 aliphatic heterocycles. The van der Waals surface area contributed by atoms with Gasteiger partial charge in [-0.05, 0) is 29.0 Å². The van der Waals surface area contributed by atoms with Gasteiger partial charge < -0.3 is 10.6 Å². The van der Waals surface area contributed by atoms with E-state index in [1.807, 2.05) is 28.5 Å². The lowest BCUT2D eigenvalue weighted by Gasteiger charge is -2.26. The summed E-state index contributed by atoms with van der Waals surface area (Å²) in [7, 11) is 0. The molecule has 3 nitrogen and oxygen atoms in total. The molecule has 0 unspecified atom stereocenters. The molecular formula is C16H16N2OS. The van der Waals surface area contributed by atoms with Crippen LogP contribution in [-0.4, -0.2) is 23.9 Å². The molecule has 0 atom stereocenters. The number of carbonyl (C=O) groups excluding carboxylic acids is 1. The molecule has 1 aromatic heterocycles. The number of hydrogen-bond acceptors (Lipinski definition) is 3. The summed E-state index contributed by atoms with van der Waals surface area (Å²) >= 11 is 1.41. The first-order chi connectivity index (χ1) is 9.75. The first-order valence-corrected chi connectivity index (χ1v) is 7.50. The van der Waals surface area contributed by atoms with Crippen LogP contribution >= 0.6 is 11.3 Å². The van der Waals surface area contributed by atoms with E-state index >= 15 is 0 Å². The predicted molar refractivity (Wildman–Crippen MR) is 83.7 cm³/mol. The average Bonchev–Trinajstić information content (AvgIpc) is 2.94. The first-order valence-electron chi connectivity index (χ1n) is 6.62. The zero-order valence-electron chi connectivity index (χ0n) is 11.1. The number of nitrogens with zero attached hydrogens (tertiary/aromatic N) is 1. The van der Waals surface area contributed by atoms with E-state index in [1.54, 1.807) is 6.07 Å². The lowest BCUT2D eigenvalue weighted by molar-refractivity contribution is 0.0778. The number of hydrogen-bond donors (Lipinski definition) is 1. The molecule has 4 heteroatoms. The summed E-state index contributed by atoms with van der Waals surface area (Å²) in [5, 5.41) is 1.86. The normalized spacial score (nSPS) is 15.0. The van der Waals surface area contributed by atoms with Crippen molar-refractivity contribution in [3.05, 3.63) is 58.3 Å². The van der Waals surface area contributed by atoms with Crippen LogP contribution in [0.5, 0.6) is 0 Å². The van der Waals surface area contributed by atoms with Crippen LogP contribution in [0.2, 0.25) is 0 Å². The molecule has 0 aliphatic carbocycles. The van der Waals surface area contributed by atoms with Gasteiger partial charge in [-0.3, -0.25) is 4.79 Å². The van der Waals surface area contributed by atoms with Gasteiger partial charge in [0.2, 0.25) is 0 Å². The van der Waals surface area contributed by atoms with Gasteiger partial charge >= 0.3 is 0 Å². The van der Waals surface area contributed by atoms with Crippen molar-refractivity contribution < 1.29 is 4.79 Å². The summed E-state index contributed by atoms with van der Waals surface area (Å²) in [5.41, 5.74) is 8.95. The molecule has 0 fully saturated rings. The van der Waals surface area contributed by atoms with Crippen LogP contribution in [0, 0.1) is 0 Å². The van der Waals surface area contributed by atoms with Gasteiger partial charge in [0, 0.05) is 13.1 Å². The molecule has 0 saturated carbocycles. The minimum atomic E-state index is 0.0425. The van der Waals surface area contributed by atoms with Crippen molar-refractivity contribution in [3.63, 3.8) is 0 Å². The summed E-state index contributed by atoms with van der Waals surface area (Å²) in [6.07, 6.45) is 3.03. The molecule has 1 amide bonds. The Hall–Kier alpha value is -2.07. The van der Waals surface area contributed by atoms with E-state index in [-0.39, 0.29) is 5.91 Å². The number of nitrogen functional groups attached to an aromatic ring is 1. The minimum absolute atomic E-state index is 0.0425. The predicted octanol–water partition coefficient (Wildman–Crippen LogP) is 3.26. The van der Waals surface area contributed by atoms with E-state index in [2.05, 4.69) is 18.2 Å². The monoisotopic (exact) mass is 284 g/mol. The largest absolute Gasteiger partial charge is 0.397 e. The van der Waals surface area contributed by atoms with E-state index in [4.69, 9.17) is 5.73 Å². The molecular weight excluding hydrogens is 268 g/mol. The average molecular weight is 284 g/mol. The molecule has 2 aromatic rings. The van der Waals surface area contributed by atoms with Crippen LogP contribution in [0.15, 0.2) is 47.9 Å². The van der Waals surface area contributed by atoms with Crippen LogP contribution in [0.4, 0.5) is 5.69 Å². The zero-order chi connectivity index (χ0) is 13.9. The Bertz CT molecular complexity index is 646. The van der Waals surface area contributed by atoms with Crippen molar-refractivity contribution in [3.8, 4) is 0 Å². The van der Waals surface area contributed by atoms with Gasteiger partial charge in [0.05, 0.1) is 5.69 Å². The highest BCUT2D eigenvalue weighted by molar-refractivity contribution is 7.12. The van der Waals surface area contributed by atoms with Crippen molar-refractivity contribution >= 4 is 28.5 Å². The second-order valence-corrected chi connectivity index (χ2v) is 5.72. The minimum Gasteiger partial charge on any atom is -0.397 e. The third-order valence-electron chi connectivity index (χ3n) is 3.53. The van der Waals surface area contributed by atoms with Gasteiger partial charge in [0.25, 0.3) is 5.91 Å². The number of rotatable bonds is 2. The summed E-state index contributed by atoms with van der Waals surface area (Å²) in [6.45, 7) is 1.40. The molecule has 0 spiro atoms. The number of anilines is 1. The number of benzene rings is 1. The highest BCUT2D eigenvalue weighted by Gasteiger charge is 2.21. The lowest BCUT2D eigenvalue weighted by Crippen LogP contribution is -2.34. The maximum absolute atomic E-state index is 12.4. The molecule has 1 aliphatic rings. The van der Waals surface area contributed by atoms with Gasteiger partial charge in [0.15, 0.2) is 0 Å². The Morgan fingerprint density at radius 1 is 1.20 bits per heavy atom. The van der Waals surface area contributed by atoms with Gasteiger partial charge in [-0.2, -0.15) is 0 Å². The zero-order valence-corrected chi connectivity index (χ0v) is 11.9. The smallest absolute Gasteiger partial charge is 0.266 e. The third-order valence-corrected chi connectivity index (χ3v) is 4.45. The molecule has 0 bridgehead atoms. The topological polar surface area (TPSA) is 46.3 Å². The molecule has 3 rings (SSSR count). The molecule has 1 aromatic carbocycles. The van der Waals surface area contributed by atoms with Gasteiger partial charge in [-0.1, -0.05) is 36.4 Å². The van der Waals surface area contributed by atoms with Crippen molar-refractivity contribution in [1.29, 1.82) is 0 Å². The Balaban J connectivity index is 1.74. The fraction of sp³-hybridized carbons (Fsp3) is 0.188. The summed E-state index contributed by atoms with van der Waals surface area (Å²) in [5.74, 6) is 0.0425. The summed E-state index contributed by atoms with van der Waals surface area (Å²) in [4.78, 5) is 14.9. The number of nitrogens with two attached hydrogens (primary N) is 1. The van der Waals surface area contributed by atoms with Crippen LogP contribution in [0.1, 0.15) is 21.7 Å². The second kappa shape index (κ2) is 5.51. The highest BCUT2D eigenvalue weighted by Crippen LogP contribution is 2.25. The Morgan fingerprint density at radius 3 is 2.60 bits per heavy atom. The number of thiophene rings is 1. The van der Waals surface area contributed by atoms with Gasteiger partial charge in [-0.15, -0.1) is 11.3 Å². The summed E-state index contributed by atoms with van der Waals surface area (Å²) in [6, 6.07) is 12.1. The van der Waals surface area contributed by atoms with Crippen LogP contribution < -0.4 is 5.73 Å². The van der Waals surface area contributed by atoms with E-state index in [0.29, 0.717) is 17.1 Å². The lowest BCUT2D eigenvalue weighted by atomic mass is 9.99. The molecule has 2 heterocycles. The Kier molecular flexibility index (Phi) is 3.56. The standard InChI is InChI=1S/C16H16N2OS/c17-14-8-11-20-15(14)16(19)18-9-6-13(7-10-18)12-4-2-1-3-5-12/h1-6,8,11H,7,9-10,17H2. The fourth-order valence-corrected chi connectivity index (χ4v) is 3.19. The SMILES string of the molecule is Nc1ccsc1C(=O)N1CC=C(c2ccccc2)CC1. The van der Waals surface area contributed by atoms with Crippen LogP contribution in [0.3, 0.4) is 0 Å². The molecule has 2 N–H and O–H groups in total. The van der Waals surface area contributed by atoms with Gasteiger partial charge in [-0.25, -0.2) is 0 Å². The van der Waals surface area contributed by atoms with E-state index in [1.165, 1.54) is 22.5 Å². The molecule has 20 heavy (non-hydrogen) atoms. The van der Waals surface area contributed by atoms with Crippen LogP contribution in [0.25, 0.3) is 5.57 Å². The van der Waals surface area contributed by atoms with Gasteiger partial charge in [0.1, 0.15) is 4.88 Å². The maximum atomic E-state index is 12.4. The van der Waals surface area contributed by atoms with Crippen molar-refractivity contribution in [1.82, 2.24) is 4.90 Å².